The van der Waals surface area contributed by atoms with E-state index < -0.39 is 0 Å². The van der Waals surface area contributed by atoms with Gasteiger partial charge in [-0.2, -0.15) is 0 Å². The molecular formula is C10H15NO2. The van der Waals surface area contributed by atoms with Crippen LogP contribution in [0.25, 0.3) is 0 Å². The summed E-state index contributed by atoms with van der Waals surface area (Å²) in [4.78, 5) is 0. The highest BCUT2D eigenvalue weighted by atomic mass is 16.5. The number of rotatable bonds is 5. The normalized spacial score (nSPS) is 12.5. The molecule has 0 aliphatic rings. The van der Waals surface area contributed by atoms with Crippen LogP contribution in [0.1, 0.15) is 6.42 Å². The third-order valence-corrected chi connectivity index (χ3v) is 1.74. The first kappa shape index (κ1) is 10.0. The van der Waals surface area contributed by atoms with Crippen LogP contribution in [-0.2, 0) is 0 Å². The summed E-state index contributed by atoms with van der Waals surface area (Å²) in [5.41, 5.74) is 5.51. The third kappa shape index (κ3) is 3.92. The highest BCUT2D eigenvalue weighted by molar-refractivity contribution is 5.20. The van der Waals surface area contributed by atoms with Gasteiger partial charge in [0.25, 0.3) is 0 Å². The summed E-state index contributed by atoms with van der Waals surface area (Å²) in [5, 5.41) is 8.65. The van der Waals surface area contributed by atoms with E-state index in [-0.39, 0.29) is 12.6 Å². The van der Waals surface area contributed by atoms with Crippen LogP contribution >= 0.6 is 0 Å². The Morgan fingerprint density at radius 1 is 1.31 bits per heavy atom. The van der Waals surface area contributed by atoms with Crippen molar-refractivity contribution in [3.63, 3.8) is 0 Å². The molecule has 0 aromatic heterocycles. The van der Waals surface area contributed by atoms with Gasteiger partial charge in [-0.25, -0.2) is 0 Å². The Morgan fingerprint density at radius 3 is 2.62 bits per heavy atom. The minimum Gasteiger partial charge on any atom is -0.494 e. The number of benzene rings is 1. The summed E-state index contributed by atoms with van der Waals surface area (Å²) in [5.74, 6) is 0.840. The smallest absolute Gasteiger partial charge is 0.119 e. The van der Waals surface area contributed by atoms with E-state index >= 15 is 0 Å². The molecule has 1 atom stereocenters. The summed E-state index contributed by atoms with van der Waals surface area (Å²) < 4.78 is 5.39. The Kier molecular flexibility index (Phi) is 4.29. The van der Waals surface area contributed by atoms with Crippen molar-refractivity contribution in [3.8, 4) is 5.75 Å². The second-order valence-electron chi connectivity index (χ2n) is 2.89. The van der Waals surface area contributed by atoms with Crippen LogP contribution in [0.5, 0.6) is 5.75 Å². The monoisotopic (exact) mass is 181 g/mol. The predicted molar refractivity (Wildman–Crippen MR) is 51.6 cm³/mol. The first-order valence-corrected chi connectivity index (χ1v) is 4.37. The van der Waals surface area contributed by atoms with Gasteiger partial charge in [-0.15, -0.1) is 0 Å². The van der Waals surface area contributed by atoms with Crippen LogP contribution in [0.3, 0.4) is 0 Å². The lowest BCUT2D eigenvalue weighted by atomic mass is 10.2. The van der Waals surface area contributed by atoms with Crippen molar-refractivity contribution < 1.29 is 9.84 Å². The van der Waals surface area contributed by atoms with Gasteiger partial charge in [0.1, 0.15) is 5.75 Å². The quantitative estimate of drug-likeness (QED) is 0.705. The van der Waals surface area contributed by atoms with Gasteiger partial charge < -0.3 is 15.6 Å². The molecule has 1 aromatic rings. The van der Waals surface area contributed by atoms with Gasteiger partial charge in [0.15, 0.2) is 0 Å². The van der Waals surface area contributed by atoms with Crippen molar-refractivity contribution in [2.75, 3.05) is 13.2 Å². The minimum atomic E-state index is -0.177. The molecule has 3 heteroatoms. The molecule has 1 rings (SSSR count). The van der Waals surface area contributed by atoms with Crippen molar-refractivity contribution in [2.45, 2.75) is 12.5 Å². The molecule has 0 unspecified atom stereocenters. The van der Waals surface area contributed by atoms with Crippen LogP contribution in [0.4, 0.5) is 0 Å². The van der Waals surface area contributed by atoms with E-state index in [2.05, 4.69) is 0 Å². The maximum Gasteiger partial charge on any atom is 0.119 e. The summed E-state index contributed by atoms with van der Waals surface area (Å²) >= 11 is 0. The fourth-order valence-electron chi connectivity index (χ4n) is 0.936. The fraction of sp³-hybridized carbons (Fsp3) is 0.400. The molecular weight excluding hydrogens is 166 g/mol. The zero-order valence-electron chi connectivity index (χ0n) is 7.52. The van der Waals surface area contributed by atoms with E-state index in [4.69, 9.17) is 15.6 Å². The van der Waals surface area contributed by atoms with Gasteiger partial charge in [-0.3, -0.25) is 0 Å². The largest absolute Gasteiger partial charge is 0.494 e. The summed E-state index contributed by atoms with van der Waals surface area (Å²) in [6.07, 6.45) is 0.672. The standard InChI is InChI=1S/C10H15NO2/c11-9(8-12)6-7-13-10-4-2-1-3-5-10/h1-5,9,12H,6-8,11H2/t9-/m0/s1. The SMILES string of the molecule is N[C@H](CO)CCOc1ccccc1. The van der Waals surface area contributed by atoms with E-state index in [9.17, 15) is 0 Å². The average molecular weight is 181 g/mol. The molecule has 0 aliphatic carbocycles. The van der Waals surface area contributed by atoms with Gasteiger partial charge >= 0.3 is 0 Å². The molecule has 0 heterocycles. The second-order valence-corrected chi connectivity index (χ2v) is 2.89. The fourth-order valence-corrected chi connectivity index (χ4v) is 0.936. The molecule has 0 fully saturated rings. The van der Waals surface area contributed by atoms with Gasteiger partial charge in [0, 0.05) is 6.04 Å². The van der Waals surface area contributed by atoms with E-state index in [1.165, 1.54) is 0 Å². The molecule has 72 valence electrons. The molecule has 0 saturated carbocycles. The zero-order chi connectivity index (χ0) is 9.52. The molecule has 0 bridgehead atoms. The number of ether oxygens (including phenoxy) is 1. The molecule has 0 radical (unpaired) electrons. The highest BCUT2D eigenvalue weighted by Crippen LogP contribution is 2.08. The van der Waals surface area contributed by atoms with Crippen LogP contribution < -0.4 is 10.5 Å². The van der Waals surface area contributed by atoms with Crippen molar-refractivity contribution in [1.29, 1.82) is 0 Å². The van der Waals surface area contributed by atoms with Crippen LogP contribution in [0.15, 0.2) is 30.3 Å². The zero-order valence-corrected chi connectivity index (χ0v) is 7.52. The number of hydrogen-bond acceptors (Lipinski definition) is 3. The highest BCUT2D eigenvalue weighted by Gasteiger charge is 1.99. The lowest BCUT2D eigenvalue weighted by Gasteiger charge is -2.09. The minimum absolute atomic E-state index is 0.0121. The Labute approximate surface area is 78.1 Å². The van der Waals surface area contributed by atoms with Gasteiger partial charge in [0.05, 0.1) is 13.2 Å². The number of aliphatic hydroxyl groups is 1. The van der Waals surface area contributed by atoms with Gasteiger partial charge in [0.2, 0.25) is 0 Å². The Hall–Kier alpha value is -1.06. The van der Waals surface area contributed by atoms with Crippen molar-refractivity contribution >= 4 is 0 Å². The molecule has 3 nitrogen and oxygen atoms in total. The molecule has 1 aromatic carbocycles. The molecule has 13 heavy (non-hydrogen) atoms. The van der Waals surface area contributed by atoms with Gasteiger partial charge in [-0.1, -0.05) is 18.2 Å². The third-order valence-electron chi connectivity index (χ3n) is 1.74. The van der Waals surface area contributed by atoms with Crippen molar-refractivity contribution in [3.05, 3.63) is 30.3 Å². The van der Waals surface area contributed by atoms with E-state index in [0.29, 0.717) is 13.0 Å². The first-order valence-electron chi connectivity index (χ1n) is 4.37. The Balaban J connectivity index is 2.20. The maximum absolute atomic E-state index is 8.65. The number of para-hydroxylation sites is 1. The second kappa shape index (κ2) is 5.56. The van der Waals surface area contributed by atoms with Crippen LogP contribution in [0, 0.1) is 0 Å². The van der Waals surface area contributed by atoms with E-state index in [0.717, 1.165) is 5.75 Å². The molecule has 0 saturated heterocycles. The van der Waals surface area contributed by atoms with Crippen molar-refractivity contribution in [1.82, 2.24) is 0 Å². The predicted octanol–water partition coefficient (Wildman–Crippen LogP) is 0.775. The van der Waals surface area contributed by atoms with Gasteiger partial charge in [-0.05, 0) is 18.6 Å². The molecule has 0 aliphatic heterocycles. The van der Waals surface area contributed by atoms with E-state index in [1.54, 1.807) is 0 Å². The summed E-state index contributed by atoms with van der Waals surface area (Å²) in [7, 11) is 0. The first-order chi connectivity index (χ1) is 6.33. The lowest BCUT2D eigenvalue weighted by molar-refractivity contribution is 0.230. The lowest BCUT2D eigenvalue weighted by Crippen LogP contribution is -2.26. The van der Waals surface area contributed by atoms with E-state index in [1.807, 2.05) is 30.3 Å². The molecule has 0 amide bonds. The summed E-state index contributed by atoms with van der Waals surface area (Å²) in [6.45, 7) is 0.559. The topological polar surface area (TPSA) is 55.5 Å². The Morgan fingerprint density at radius 2 is 2.00 bits per heavy atom. The number of aliphatic hydroxyl groups excluding tert-OH is 1. The van der Waals surface area contributed by atoms with Crippen LogP contribution in [-0.4, -0.2) is 24.4 Å². The summed E-state index contributed by atoms with van der Waals surface area (Å²) in [6, 6.07) is 9.38. The number of hydrogen-bond donors (Lipinski definition) is 2. The number of nitrogens with two attached hydrogens (primary N) is 1. The molecule has 3 N–H and O–H groups in total. The average Bonchev–Trinajstić information content (AvgIpc) is 2.19. The maximum atomic E-state index is 8.65. The van der Waals surface area contributed by atoms with Crippen LogP contribution in [0.2, 0.25) is 0 Å². The molecule has 0 spiro atoms. The Bertz CT molecular complexity index is 226. The van der Waals surface area contributed by atoms with Crippen molar-refractivity contribution in [2.24, 2.45) is 5.73 Å².